The standard InChI is InChI=1S/C10H9F7N2O/c11-8(12,4-18)9(13,14)5-20-7-2-1-6(3-19-7)10(15,16)17/h1-3H,4-5,18H2. The highest BCUT2D eigenvalue weighted by atomic mass is 19.4. The molecule has 0 spiro atoms. The number of nitrogens with zero attached hydrogens (tertiary/aromatic N) is 1. The van der Waals surface area contributed by atoms with E-state index in [1.165, 1.54) is 0 Å². The van der Waals surface area contributed by atoms with E-state index in [4.69, 9.17) is 0 Å². The zero-order valence-corrected chi connectivity index (χ0v) is 9.72. The summed E-state index contributed by atoms with van der Waals surface area (Å²) < 4.78 is 92.3. The van der Waals surface area contributed by atoms with Crippen LogP contribution in [-0.4, -0.2) is 30.0 Å². The molecule has 0 unspecified atom stereocenters. The van der Waals surface area contributed by atoms with Crippen molar-refractivity contribution in [1.82, 2.24) is 4.98 Å². The molecular formula is C10H9F7N2O. The summed E-state index contributed by atoms with van der Waals surface area (Å²) >= 11 is 0. The number of hydrogen-bond donors (Lipinski definition) is 1. The molecule has 0 saturated carbocycles. The van der Waals surface area contributed by atoms with Crippen LogP contribution < -0.4 is 10.5 Å². The average Bonchev–Trinajstić information content (AvgIpc) is 2.35. The molecule has 20 heavy (non-hydrogen) atoms. The molecule has 1 aromatic rings. The van der Waals surface area contributed by atoms with Gasteiger partial charge in [-0.3, -0.25) is 0 Å². The molecule has 0 aliphatic heterocycles. The number of nitrogens with two attached hydrogens (primary N) is 1. The van der Waals surface area contributed by atoms with Crippen molar-refractivity contribution in [2.75, 3.05) is 13.2 Å². The normalized spacial score (nSPS) is 13.4. The summed E-state index contributed by atoms with van der Waals surface area (Å²) in [6, 6.07) is 1.18. The fourth-order valence-electron chi connectivity index (χ4n) is 1.05. The molecule has 0 aliphatic rings. The molecule has 10 heteroatoms. The summed E-state index contributed by atoms with van der Waals surface area (Å²) in [5, 5.41) is 0. The number of ether oxygens (including phenoxy) is 1. The molecule has 3 nitrogen and oxygen atoms in total. The number of hydrogen-bond acceptors (Lipinski definition) is 3. The van der Waals surface area contributed by atoms with Crippen LogP contribution in [0.4, 0.5) is 30.7 Å². The Morgan fingerprint density at radius 3 is 2.00 bits per heavy atom. The van der Waals surface area contributed by atoms with Gasteiger partial charge in [0.25, 0.3) is 0 Å². The lowest BCUT2D eigenvalue weighted by atomic mass is 10.2. The van der Waals surface area contributed by atoms with Crippen LogP contribution in [0.25, 0.3) is 0 Å². The van der Waals surface area contributed by atoms with Gasteiger partial charge in [0.15, 0.2) is 6.61 Å². The van der Waals surface area contributed by atoms with Crippen molar-refractivity contribution in [2.24, 2.45) is 5.73 Å². The fourth-order valence-corrected chi connectivity index (χ4v) is 1.05. The van der Waals surface area contributed by atoms with Crippen molar-refractivity contribution in [3.8, 4) is 5.88 Å². The van der Waals surface area contributed by atoms with Gasteiger partial charge in [-0.05, 0) is 6.07 Å². The highest BCUT2D eigenvalue weighted by Crippen LogP contribution is 2.34. The first-order chi connectivity index (χ1) is 8.99. The minimum absolute atomic E-state index is 0.342. The molecule has 2 N–H and O–H groups in total. The van der Waals surface area contributed by atoms with E-state index in [-0.39, 0.29) is 0 Å². The monoisotopic (exact) mass is 306 g/mol. The molecule has 0 saturated heterocycles. The molecular weight excluding hydrogens is 297 g/mol. The van der Waals surface area contributed by atoms with Crippen molar-refractivity contribution < 1.29 is 35.5 Å². The first-order valence-electron chi connectivity index (χ1n) is 5.11. The van der Waals surface area contributed by atoms with E-state index >= 15 is 0 Å². The molecule has 0 amide bonds. The predicted octanol–water partition coefficient (Wildman–Crippen LogP) is 2.71. The number of rotatable bonds is 5. The third-order valence-electron chi connectivity index (χ3n) is 2.26. The van der Waals surface area contributed by atoms with Crippen molar-refractivity contribution in [1.29, 1.82) is 0 Å². The maximum absolute atomic E-state index is 13.0. The van der Waals surface area contributed by atoms with E-state index in [0.29, 0.717) is 18.3 Å². The highest BCUT2D eigenvalue weighted by molar-refractivity contribution is 5.20. The van der Waals surface area contributed by atoms with Crippen LogP contribution in [0.15, 0.2) is 18.3 Å². The quantitative estimate of drug-likeness (QED) is 0.851. The second kappa shape index (κ2) is 5.43. The Morgan fingerprint density at radius 1 is 1.00 bits per heavy atom. The van der Waals surface area contributed by atoms with Crippen LogP contribution in [0, 0.1) is 0 Å². The lowest BCUT2D eigenvalue weighted by Crippen LogP contribution is -2.49. The molecule has 0 atom stereocenters. The second-order valence-electron chi connectivity index (χ2n) is 3.78. The van der Waals surface area contributed by atoms with Crippen LogP contribution in [0.2, 0.25) is 0 Å². The maximum Gasteiger partial charge on any atom is 0.417 e. The molecule has 1 heterocycles. The second-order valence-corrected chi connectivity index (χ2v) is 3.78. The Morgan fingerprint density at radius 2 is 1.60 bits per heavy atom. The van der Waals surface area contributed by atoms with Crippen molar-refractivity contribution in [3.63, 3.8) is 0 Å². The zero-order chi connectivity index (χ0) is 15.6. The van der Waals surface area contributed by atoms with E-state index in [1.807, 2.05) is 0 Å². The Labute approximate surface area is 108 Å². The highest BCUT2D eigenvalue weighted by Gasteiger charge is 2.55. The summed E-state index contributed by atoms with van der Waals surface area (Å²) in [7, 11) is 0. The van der Waals surface area contributed by atoms with Gasteiger partial charge in [0.2, 0.25) is 5.88 Å². The Kier molecular flexibility index (Phi) is 4.47. The molecule has 0 aliphatic carbocycles. The van der Waals surface area contributed by atoms with Crippen LogP contribution in [0.1, 0.15) is 5.56 Å². The summed E-state index contributed by atoms with van der Waals surface area (Å²) in [6.07, 6.45) is -4.31. The van der Waals surface area contributed by atoms with Crippen molar-refractivity contribution >= 4 is 0 Å². The smallest absolute Gasteiger partial charge is 0.417 e. The predicted molar refractivity (Wildman–Crippen MR) is 53.7 cm³/mol. The summed E-state index contributed by atoms with van der Waals surface area (Å²) in [5.74, 6) is -9.68. The number of alkyl halides is 7. The van der Waals surface area contributed by atoms with Gasteiger partial charge < -0.3 is 10.5 Å². The van der Waals surface area contributed by atoms with E-state index in [9.17, 15) is 30.7 Å². The van der Waals surface area contributed by atoms with Gasteiger partial charge in [0, 0.05) is 12.3 Å². The van der Waals surface area contributed by atoms with E-state index < -0.39 is 42.6 Å². The van der Waals surface area contributed by atoms with Crippen LogP contribution in [0.3, 0.4) is 0 Å². The fraction of sp³-hybridized carbons (Fsp3) is 0.500. The summed E-state index contributed by atoms with van der Waals surface area (Å²) in [4.78, 5) is 3.10. The average molecular weight is 306 g/mol. The van der Waals surface area contributed by atoms with Gasteiger partial charge >= 0.3 is 18.0 Å². The number of halogens is 7. The molecule has 1 rings (SSSR count). The Bertz CT molecular complexity index is 444. The van der Waals surface area contributed by atoms with Gasteiger partial charge in [-0.2, -0.15) is 30.7 Å². The molecule has 0 fully saturated rings. The maximum atomic E-state index is 13.0. The molecule has 0 radical (unpaired) electrons. The first-order valence-corrected chi connectivity index (χ1v) is 5.11. The largest absolute Gasteiger partial charge is 0.471 e. The van der Waals surface area contributed by atoms with Crippen molar-refractivity contribution in [2.45, 2.75) is 18.0 Å². The van der Waals surface area contributed by atoms with E-state index in [0.717, 1.165) is 0 Å². The summed E-state index contributed by atoms with van der Waals surface area (Å²) in [6.45, 7) is -3.35. The molecule has 114 valence electrons. The van der Waals surface area contributed by atoms with Crippen molar-refractivity contribution in [3.05, 3.63) is 23.9 Å². The third kappa shape index (κ3) is 3.71. The third-order valence-corrected chi connectivity index (χ3v) is 2.26. The first kappa shape index (κ1) is 16.5. The topological polar surface area (TPSA) is 48.1 Å². The van der Waals surface area contributed by atoms with E-state index in [1.54, 1.807) is 0 Å². The Hall–Kier alpha value is -1.58. The zero-order valence-electron chi connectivity index (χ0n) is 9.72. The van der Waals surface area contributed by atoms with Gasteiger partial charge in [-0.25, -0.2) is 4.98 Å². The molecule has 0 aromatic carbocycles. The molecule has 1 aromatic heterocycles. The minimum atomic E-state index is -4.65. The van der Waals surface area contributed by atoms with Gasteiger partial charge in [0.05, 0.1) is 12.1 Å². The van der Waals surface area contributed by atoms with Crippen LogP contribution in [0.5, 0.6) is 5.88 Å². The lowest BCUT2D eigenvalue weighted by Gasteiger charge is -2.24. The van der Waals surface area contributed by atoms with Gasteiger partial charge in [0.1, 0.15) is 0 Å². The van der Waals surface area contributed by atoms with Crippen LogP contribution >= 0.6 is 0 Å². The van der Waals surface area contributed by atoms with Gasteiger partial charge in [-0.15, -0.1) is 0 Å². The summed E-state index contributed by atoms with van der Waals surface area (Å²) in [5.41, 5.74) is 3.38. The number of aromatic nitrogens is 1. The lowest BCUT2D eigenvalue weighted by molar-refractivity contribution is -0.215. The van der Waals surface area contributed by atoms with Crippen LogP contribution in [-0.2, 0) is 6.18 Å². The number of pyridine rings is 1. The SMILES string of the molecule is NCC(F)(F)C(F)(F)COc1ccc(C(F)(F)F)cn1. The molecule has 0 bridgehead atoms. The van der Waals surface area contributed by atoms with E-state index in [2.05, 4.69) is 15.5 Å². The van der Waals surface area contributed by atoms with Gasteiger partial charge in [-0.1, -0.05) is 0 Å². The minimum Gasteiger partial charge on any atom is -0.471 e. The Balaban J connectivity index is 2.72.